The second-order valence-corrected chi connectivity index (χ2v) is 8.34. The van der Waals surface area contributed by atoms with Crippen molar-refractivity contribution in [2.75, 3.05) is 6.61 Å². The molecule has 154 valence electrons. The maximum Gasteiger partial charge on any atom is 0.379 e. The summed E-state index contributed by atoms with van der Waals surface area (Å²) in [4.78, 5) is 23.7. The fraction of sp³-hybridized carbons (Fsp3) is 0.0500. The van der Waals surface area contributed by atoms with Crippen molar-refractivity contribution in [2.45, 2.75) is 0 Å². The lowest BCUT2D eigenvalue weighted by Crippen LogP contribution is -2.24. The fourth-order valence-electron chi connectivity index (χ4n) is 2.19. The van der Waals surface area contributed by atoms with Crippen molar-refractivity contribution in [3.63, 3.8) is 0 Å². The van der Waals surface area contributed by atoms with E-state index >= 15 is 0 Å². The first-order chi connectivity index (χ1) is 14.4. The Morgan fingerprint density at radius 2 is 1.77 bits per heavy atom. The highest BCUT2D eigenvalue weighted by Gasteiger charge is 2.11. The molecule has 3 aromatic rings. The van der Waals surface area contributed by atoms with Crippen molar-refractivity contribution in [2.24, 2.45) is 5.10 Å². The standard InChI is InChI=1S/C20H13Br3N2O5/c21-13-8-15(22)19(16(23)9-13)29-11-18(26)25-24-10-12-3-5-14(6-4-12)30-20(27)17-2-1-7-28-17/h1-10H,11H2,(H,25,26)/b24-10-. The third kappa shape index (κ3) is 6.28. The Morgan fingerprint density at radius 1 is 1.07 bits per heavy atom. The van der Waals surface area contributed by atoms with E-state index in [2.05, 4.69) is 58.3 Å². The third-order valence-electron chi connectivity index (χ3n) is 3.53. The lowest BCUT2D eigenvalue weighted by molar-refractivity contribution is -0.123. The van der Waals surface area contributed by atoms with Crippen molar-refractivity contribution in [1.29, 1.82) is 0 Å². The lowest BCUT2D eigenvalue weighted by atomic mass is 10.2. The summed E-state index contributed by atoms with van der Waals surface area (Å²) in [7, 11) is 0. The largest absolute Gasteiger partial charge is 0.481 e. The zero-order valence-corrected chi connectivity index (χ0v) is 19.9. The van der Waals surface area contributed by atoms with Crippen LogP contribution < -0.4 is 14.9 Å². The van der Waals surface area contributed by atoms with Gasteiger partial charge >= 0.3 is 5.97 Å². The Bertz CT molecular complexity index is 1040. The van der Waals surface area contributed by atoms with E-state index in [4.69, 9.17) is 13.9 Å². The third-order valence-corrected chi connectivity index (χ3v) is 5.16. The maximum atomic E-state index is 11.9. The highest BCUT2D eigenvalue weighted by atomic mass is 79.9. The number of esters is 1. The molecule has 1 N–H and O–H groups in total. The molecular weight excluding hydrogens is 588 g/mol. The lowest BCUT2D eigenvalue weighted by Gasteiger charge is -2.09. The summed E-state index contributed by atoms with van der Waals surface area (Å²) in [5.74, 6) is -0.0175. The number of ether oxygens (including phenoxy) is 2. The monoisotopic (exact) mass is 598 g/mol. The molecule has 0 aliphatic carbocycles. The second-order valence-electron chi connectivity index (χ2n) is 5.72. The van der Waals surface area contributed by atoms with Crippen molar-refractivity contribution >= 4 is 65.9 Å². The van der Waals surface area contributed by atoms with E-state index in [0.29, 0.717) is 26.0 Å². The summed E-state index contributed by atoms with van der Waals surface area (Å²) in [5, 5.41) is 3.89. The molecule has 1 amide bonds. The molecule has 0 bridgehead atoms. The summed E-state index contributed by atoms with van der Waals surface area (Å²) in [6.45, 7) is -0.210. The van der Waals surface area contributed by atoms with Crippen LogP contribution in [0.1, 0.15) is 16.1 Å². The number of rotatable bonds is 7. The van der Waals surface area contributed by atoms with E-state index in [1.165, 1.54) is 18.5 Å². The zero-order chi connectivity index (χ0) is 21.5. The topological polar surface area (TPSA) is 90.1 Å². The minimum Gasteiger partial charge on any atom is -0.481 e. The minimum atomic E-state index is -0.585. The molecule has 0 radical (unpaired) electrons. The summed E-state index contributed by atoms with van der Waals surface area (Å²) < 4.78 is 17.9. The van der Waals surface area contributed by atoms with Crippen LogP contribution in [-0.2, 0) is 4.79 Å². The molecule has 7 nitrogen and oxygen atoms in total. The highest BCUT2D eigenvalue weighted by Crippen LogP contribution is 2.36. The van der Waals surface area contributed by atoms with Gasteiger partial charge < -0.3 is 13.9 Å². The van der Waals surface area contributed by atoms with Crippen LogP contribution in [0.4, 0.5) is 0 Å². The Hall–Kier alpha value is -2.43. The van der Waals surface area contributed by atoms with Crippen molar-refractivity contribution in [1.82, 2.24) is 5.43 Å². The first kappa shape index (κ1) is 22.3. The number of nitrogens with one attached hydrogen (secondary N) is 1. The van der Waals surface area contributed by atoms with Gasteiger partial charge in [0.15, 0.2) is 6.61 Å². The molecule has 0 saturated carbocycles. The van der Waals surface area contributed by atoms with Gasteiger partial charge in [-0.15, -0.1) is 0 Å². The van der Waals surface area contributed by atoms with E-state index in [1.807, 2.05) is 12.1 Å². The molecule has 0 spiro atoms. The number of carbonyl (C=O) groups excluding carboxylic acids is 2. The predicted molar refractivity (Wildman–Crippen MR) is 121 cm³/mol. The summed E-state index contributed by atoms with van der Waals surface area (Å²) in [6, 6.07) is 13.3. The average Bonchev–Trinajstić information content (AvgIpc) is 3.23. The first-order valence-electron chi connectivity index (χ1n) is 8.37. The number of carbonyl (C=O) groups is 2. The predicted octanol–water partition coefficient (Wildman–Crippen LogP) is 5.32. The number of amides is 1. The van der Waals surface area contributed by atoms with Gasteiger partial charge in [-0.1, -0.05) is 15.9 Å². The average molecular weight is 601 g/mol. The Kier molecular flexibility index (Phi) is 7.83. The Morgan fingerprint density at radius 3 is 2.40 bits per heavy atom. The Labute approximate surface area is 196 Å². The van der Waals surface area contributed by atoms with Gasteiger partial charge in [0.2, 0.25) is 5.76 Å². The fourth-order valence-corrected chi connectivity index (χ4v) is 4.68. The SMILES string of the molecule is O=C(COc1c(Br)cc(Br)cc1Br)N/N=C\c1ccc(OC(=O)c2ccco2)cc1. The van der Waals surface area contributed by atoms with Crippen LogP contribution in [0.15, 0.2) is 77.7 Å². The highest BCUT2D eigenvalue weighted by molar-refractivity contribution is 9.11. The number of hydrogen-bond donors (Lipinski definition) is 1. The van der Waals surface area contributed by atoms with Gasteiger partial charge in [-0.2, -0.15) is 5.10 Å². The molecular formula is C20H13Br3N2O5. The maximum absolute atomic E-state index is 11.9. The van der Waals surface area contributed by atoms with Gasteiger partial charge in [0.1, 0.15) is 11.5 Å². The molecule has 0 unspecified atom stereocenters. The van der Waals surface area contributed by atoms with E-state index in [1.54, 1.807) is 30.3 Å². The van der Waals surface area contributed by atoms with Gasteiger partial charge in [0, 0.05) is 4.47 Å². The molecule has 1 aromatic heterocycles. The number of hydrogen-bond acceptors (Lipinski definition) is 6. The number of hydrazone groups is 1. The van der Waals surface area contributed by atoms with E-state index in [9.17, 15) is 9.59 Å². The van der Waals surface area contributed by atoms with Crippen molar-refractivity contribution < 1.29 is 23.5 Å². The van der Waals surface area contributed by atoms with Crippen LogP contribution in [0.5, 0.6) is 11.5 Å². The van der Waals surface area contributed by atoms with Gasteiger partial charge in [-0.05, 0) is 86.0 Å². The number of benzene rings is 2. The van der Waals surface area contributed by atoms with Gasteiger partial charge in [0.25, 0.3) is 5.91 Å². The van der Waals surface area contributed by atoms with E-state index < -0.39 is 11.9 Å². The minimum absolute atomic E-state index is 0.118. The molecule has 3 rings (SSSR count). The second kappa shape index (κ2) is 10.6. The van der Waals surface area contributed by atoms with Gasteiger partial charge in [-0.25, -0.2) is 10.2 Å². The molecule has 0 fully saturated rings. The molecule has 0 aliphatic rings. The molecule has 10 heteroatoms. The first-order valence-corrected chi connectivity index (χ1v) is 10.8. The molecule has 2 aromatic carbocycles. The van der Waals surface area contributed by atoms with Crippen LogP contribution in [-0.4, -0.2) is 24.7 Å². The summed E-state index contributed by atoms with van der Waals surface area (Å²) >= 11 is 10.1. The van der Waals surface area contributed by atoms with Crippen molar-refractivity contribution in [3.05, 3.63) is 79.5 Å². The smallest absolute Gasteiger partial charge is 0.379 e. The van der Waals surface area contributed by atoms with E-state index in [0.717, 1.165) is 4.47 Å². The normalized spacial score (nSPS) is 10.8. The summed E-state index contributed by atoms with van der Waals surface area (Å²) in [6.07, 6.45) is 2.85. The number of furan rings is 1. The zero-order valence-electron chi connectivity index (χ0n) is 15.1. The van der Waals surface area contributed by atoms with Crippen LogP contribution in [0.25, 0.3) is 0 Å². The molecule has 0 saturated heterocycles. The van der Waals surface area contributed by atoms with Crippen LogP contribution >= 0.6 is 47.8 Å². The number of halogens is 3. The number of nitrogens with zero attached hydrogens (tertiary/aromatic N) is 1. The van der Waals surface area contributed by atoms with Crippen LogP contribution in [0, 0.1) is 0 Å². The molecule has 0 aliphatic heterocycles. The quantitative estimate of drug-likeness (QED) is 0.172. The van der Waals surface area contributed by atoms with Gasteiger partial charge in [-0.3, -0.25) is 4.79 Å². The van der Waals surface area contributed by atoms with Crippen molar-refractivity contribution in [3.8, 4) is 11.5 Å². The van der Waals surface area contributed by atoms with E-state index in [-0.39, 0.29) is 12.4 Å². The molecule has 1 heterocycles. The van der Waals surface area contributed by atoms with Crippen LogP contribution in [0.2, 0.25) is 0 Å². The summed E-state index contributed by atoms with van der Waals surface area (Å²) in [5.41, 5.74) is 3.09. The van der Waals surface area contributed by atoms with Crippen LogP contribution in [0.3, 0.4) is 0 Å². The Balaban J connectivity index is 1.48. The van der Waals surface area contributed by atoms with Gasteiger partial charge in [0.05, 0.1) is 21.4 Å². The molecule has 0 atom stereocenters. The molecule has 30 heavy (non-hydrogen) atoms.